The third-order valence-electron chi connectivity index (χ3n) is 4.06. The highest BCUT2D eigenvalue weighted by atomic mass is 32.2. The van der Waals surface area contributed by atoms with E-state index in [0.29, 0.717) is 0 Å². The zero-order valence-corrected chi connectivity index (χ0v) is 13.7. The maximum atomic E-state index is 2.43. The van der Waals surface area contributed by atoms with E-state index in [0.717, 1.165) is 0 Å². The smallest absolute Gasteiger partial charge is 0.0741 e. The van der Waals surface area contributed by atoms with E-state index in [1.54, 1.807) is 0 Å². The summed E-state index contributed by atoms with van der Waals surface area (Å²) in [5, 5.41) is 0. The fourth-order valence-electron chi connectivity index (χ4n) is 3.15. The molecular formula is C19H13NS2. The van der Waals surface area contributed by atoms with E-state index in [1.165, 1.54) is 42.2 Å². The largest absolute Gasteiger partial charge is 0.306 e. The number of aryl methyl sites for hydroxylation is 1. The SMILES string of the molecule is Cc1cc2c3c(c1)Sc1ccccc1N3c1ccccc1S2. The standard InChI is InChI=1S/C19H13NS2/c1-12-10-17-19-18(11-12)22-16-9-5-3-7-14(16)20(19)13-6-2-4-8-15(13)21-17/h2-11H,1H3. The van der Waals surface area contributed by atoms with Crippen LogP contribution in [0.2, 0.25) is 0 Å². The van der Waals surface area contributed by atoms with Crippen LogP contribution in [0.3, 0.4) is 0 Å². The lowest BCUT2D eigenvalue weighted by molar-refractivity contribution is 1.08. The first-order valence-corrected chi connectivity index (χ1v) is 8.93. The van der Waals surface area contributed by atoms with Crippen LogP contribution in [0.5, 0.6) is 0 Å². The second-order valence-electron chi connectivity index (χ2n) is 5.58. The Bertz CT molecular complexity index is 846. The first-order valence-electron chi connectivity index (χ1n) is 7.30. The molecule has 2 aliphatic heterocycles. The van der Waals surface area contributed by atoms with Crippen LogP contribution in [0, 0.1) is 6.92 Å². The molecule has 22 heavy (non-hydrogen) atoms. The predicted molar refractivity (Wildman–Crippen MR) is 94.1 cm³/mol. The molecule has 5 rings (SSSR count). The summed E-state index contributed by atoms with van der Waals surface area (Å²) in [5.41, 5.74) is 5.25. The van der Waals surface area contributed by atoms with Crippen molar-refractivity contribution in [2.45, 2.75) is 26.5 Å². The molecule has 2 aliphatic rings. The molecule has 0 radical (unpaired) electrons. The Kier molecular flexibility index (Phi) is 2.64. The average Bonchev–Trinajstić information content (AvgIpc) is 2.54. The lowest BCUT2D eigenvalue weighted by Gasteiger charge is -2.38. The van der Waals surface area contributed by atoms with Crippen molar-refractivity contribution in [1.82, 2.24) is 0 Å². The average molecular weight is 319 g/mol. The van der Waals surface area contributed by atoms with Crippen LogP contribution in [0.1, 0.15) is 5.56 Å². The third-order valence-corrected chi connectivity index (χ3v) is 6.25. The fraction of sp³-hybridized carbons (Fsp3) is 0.0526. The second-order valence-corrected chi connectivity index (χ2v) is 7.75. The first-order chi connectivity index (χ1) is 10.8. The molecule has 1 nitrogen and oxygen atoms in total. The normalized spacial score (nSPS) is 14.1. The Morgan fingerprint density at radius 3 is 1.73 bits per heavy atom. The van der Waals surface area contributed by atoms with Crippen LogP contribution in [-0.4, -0.2) is 0 Å². The third kappa shape index (κ3) is 1.70. The molecule has 0 saturated heterocycles. The second kappa shape index (κ2) is 4.58. The van der Waals surface area contributed by atoms with Gasteiger partial charge < -0.3 is 4.90 Å². The first kappa shape index (κ1) is 12.7. The summed E-state index contributed by atoms with van der Waals surface area (Å²) >= 11 is 3.77. The summed E-state index contributed by atoms with van der Waals surface area (Å²) in [6.07, 6.45) is 0. The zero-order chi connectivity index (χ0) is 14.7. The van der Waals surface area contributed by atoms with Gasteiger partial charge >= 0.3 is 0 Å². The molecule has 0 fully saturated rings. The Morgan fingerprint density at radius 1 is 0.682 bits per heavy atom. The maximum absolute atomic E-state index is 2.43. The zero-order valence-electron chi connectivity index (χ0n) is 12.0. The van der Waals surface area contributed by atoms with Crippen molar-refractivity contribution in [2.75, 3.05) is 4.90 Å². The van der Waals surface area contributed by atoms with Gasteiger partial charge in [-0.2, -0.15) is 0 Å². The van der Waals surface area contributed by atoms with E-state index in [-0.39, 0.29) is 0 Å². The highest BCUT2D eigenvalue weighted by Gasteiger charge is 2.32. The summed E-state index contributed by atoms with van der Waals surface area (Å²) in [6.45, 7) is 2.18. The quantitative estimate of drug-likeness (QED) is 0.325. The van der Waals surface area contributed by atoms with Gasteiger partial charge in [0.15, 0.2) is 0 Å². The number of rotatable bonds is 0. The topological polar surface area (TPSA) is 3.24 Å². The Hall–Kier alpha value is -1.84. The predicted octanol–water partition coefficient (Wildman–Crippen LogP) is 6.39. The number of nitrogens with zero attached hydrogens (tertiary/aromatic N) is 1. The molecule has 2 heterocycles. The Morgan fingerprint density at radius 2 is 1.18 bits per heavy atom. The van der Waals surface area contributed by atoms with Crippen molar-refractivity contribution in [3.05, 3.63) is 66.2 Å². The maximum Gasteiger partial charge on any atom is 0.0741 e. The summed E-state index contributed by atoms with van der Waals surface area (Å²) in [7, 11) is 0. The van der Waals surface area contributed by atoms with Crippen LogP contribution >= 0.6 is 23.5 Å². The van der Waals surface area contributed by atoms with Gasteiger partial charge in [0.1, 0.15) is 0 Å². The molecule has 0 aliphatic carbocycles. The fourth-order valence-corrected chi connectivity index (χ4v) is 5.60. The van der Waals surface area contributed by atoms with Crippen LogP contribution < -0.4 is 4.90 Å². The van der Waals surface area contributed by atoms with Gasteiger partial charge in [-0.05, 0) is 48.9 Å². The monoisotopic (exact) mass is 319 g/mol. The van der Waals surface area contributed by atoms with Crippen LogP contribution in [0.15, 0.2) is 80.2 Å². The molecule has 0 bridgehead atoms. The molecule has 3 heteroatoms. The van der Waals surface area contributed by atoms with Gasteiger partial charge in [0.2, 0.25) is 0 Å². The van der Waals surface area contributed by atoms with Gasteiger partial charge in [0, 0.05) is 19.6 Å². The highest BCUT2D eigenvalue weighted by Crippen LogP contribution is 2.59. The number of anilines is 3. The molecule has 0 spiro atoms. The molecular weight excluding hydrogens is 306 g/mol. The lowest BCUT2D eigenvalue weighted by Crippen LogP contribution is -2.18. The molecule has 106 valence electrons. The Labute approximate surface area is 138 Å². The number of hydrogen-bond donors (Lipinski definition) is 0. The highest BCUT2D eigenvalue weighted by molar-refractivity contribution is 8.00. The molecule has 3 aromatic carbocycles. The van der Waals surface area contributed by atoms with Crippen LogP contribution in [0.25, 0.3) is 0 Å². The summed E-state index contributed by atoms with van der Waals surface area (Å²) in [4.78, 5) is 7.80. The molecule has 0 amide bonds. The van der Waals surface area contributed by atoms with Crippen LogP contribution in [0.4, 0.5) is 17.1 Å². The molecule has 0 atom stereocenters. The van der Waals surface area contributed by atoms with Gasteiger partial charge in [-0.1, -0.05) is 47.8 Å². The van der Waals surface area contributed by atoms with Gasteiger partial charge in [0.05, 0.1) is 17.1 Å². The van der Waals surface area contributed by atoms with Gasteiger partial charge in [0.25, 0.3) is 0 Å². The van der Waals surface area contributed by atoms with Crippen molar-refractivity contribution in [1.29, 1.82) is 0 Å². The Balaban J connectivity index is 1.88. The number of benzene rings is 3. The van der Waals surface area contributed by atoms with Crippen LogP contribution in [-0.2, 0) is 0 Å². The van der Waals surface area contributed by atoms with Crippen molar-refractivity contribution in [2.24, 2.45) is 0 Å². The number of hydrogen-bond acceptors (Lipinski definition) is 3. The number of para-hydroxylation sites is 2. The van der Waals surface area contributed by atoms with Crippen molar-refractivity contribution in [3.8, 4) is 0 Å². The summed E-state index contributed by atoms with van der Waals surface area (Å²) in [5.74, 6) is 0. The molecule has 3 aromatic rings. The van der Waals surface area contributed by atoms with Gasteiger partial charge in [-0.3, -0.25) is 0 Å². The molecule has 0 N–H and O–H groups in total. The van der Waals surface area contributed by atoms with Crippen molar-refractivity contribution < 1.29 is 0 Å². The minimum atomic E-state index is 1.29. The van der Waals surface area contributed by atoms with E-state index < -0.39 is 0 Å². The summed E-state index contributed by atoms with van der Waals surface area (Å²) in [6, 6.07) is 22.0. The molecule has 0 aromatic heterocycles. The van der Waals surface area contributed by atoms with Crippen molar-refractivity contribution in [3.63, 3.8) is 0 Å². The minimum absolute atomic E-state index is 1.29. The van der Waals surface area contributed by atoms with E-state index >= 15 is 0 Å². The minimum Gasteiger partial charge on any atom is -0.306 e. The lowest BCUT2D eigenvalue weighted by atomic mass is 10.1. The van der Waals surface area contributed by atoms with Gasteiger partial charge in [-0.15, -0.1) is 0 Å². The molecule has 0 unspecified atom stereocenters. The van der Waals surface area contributed by atoms with Gasteiger partial charge in [-0.25, -0.2) is 0 Å². The van der Waals surface area contributed by atoms with Crippen molar-refractivity contribution >= 4 is 40.6 Å². The van der Waals surface area contributed by atoms with E-state index in [4.69, 9.17) is 0 Å². The summed E-state index contributed by atoms with van der Waals surface area (Å²) < 4.78 is 0. The molecule has 0 saturated carbocycles. The van der Waals surface area contributed by atoms with E-state index in [1.807, 2.05) is 23.5 Å². The van der Waals surface area contributed by atoms with E-state index in [9.17, 15) is 0 Å². The van der Waals surface area contributed by atoms with E-state index in [2.05, 4.69) is 72.5 Å². The number of fused-ring (bicyclic) bond motifs is 4.